The van der Waals surface area contributed by atoms with Crippen molar-refractivity contribution in [3.05, 3.63) is 0 Å². The molecule has 80 valence electrons. The van der Waals surface area contributed by atoms with E-state index in [0.717, 1.165) is 26.2 Å². The molecule has 1 rings (SSSR count). The fourth-order valence-corrected chi connectivity index (χ4v) is 2.03. The summed E-state index contributed by atoms with van der Waals surface area (Å²) < 4.78 is 0. The number of carbonyl (C=O) groups is 2. The largest absolute Gasteiger partial charge is 0.339 e. The number of hydrogen-bond acceptors (Lipinski definition) is 4. The van der Waals surface area contributed by atoms with E-state index < -0.39 is 0 Å². The molecule has 1 aliphatic heterocycles. The summed E-state index contributed by atoms with van der Waals surface area (Å²) >= 11 is 1.40. The molecule has 1 saturated heterocycles. The lowest BCUT2D eigenvalue weighted by Crippen LogP contribution is -2.47. The van der Waals surface area contributed by atoms with Crippen LogP contribution < -0.4 is 5.32 Å². The van der Waals surface area contributed by atoms with Gasteiger partial charge >= 0.3 is 0 Å². The third-order valence-corrected chi connectivity index (χ3v) is 3.06. The van der Waals surface area contributed by atoms with E-state index in [2.05, 4.69) is 5.32 Å². The van der Waals surface area contributed by atoms with Crippen molar-refractivity contribution in [1.82, 2.24) is 10.2 Å². The summed E-state index contributed by atoms with van der Waals surface area (Å²) in [6.07, 6.45) is 0. The Morgan fingerprint density at radius 2 is 1.93 bits per heavy atom. The van der Waals surface area contributed by atoms with Crippen LogP contribution in [-0.4, -0.2) is 54.3 Å². The molecule has 0 radical (unpaired) electrons. The minimum absolute atomic E-state index is 0.128. The molecule has 1 fully saturated rings. The predicted molar refractivity (Wildman–Crippen MR) is 57.5 cm³/mol. The van der Waals surface area contributed by atoms with Gasteiger partial charge in [0.15, 0.2) is 0 Å². The van der Waals surface area contributed by atoms with E-state index in [1.165, 1.54) is 11.8 Å². The SMILES string of the molecule is CC(=O)CSCC(=O)N1CCNCC1. The summed E-state index contributed by atoms with van der Waals surface area (Å²) in [6.45, 7) is 4.88. The van der Waals surface area contributed by atoms with Crippen molar-refractivity contribution in [2.45, 2.75) is 6.92 Å². The smallest absolute Gasteiger partial charge is 0.232 e. The van der Waals surface area contributed by atoms with Crippen LogP contribution in [0, 0.1) is 0 Å². The predicted octanol–water partition coefficient (Wildman–Crippen LogP) is -0.260. The minimum Gasteiger partial charge on any atom is -0.339 e. The van der Waals surface area contributed by atoms with Gasteiger partial charge in [-0.3, -0.25) is 9.59 Å². The fraction of sp³-hybridized carbons (Fsp3) is 0.778. The van der Waals surface area contributed by atoms with Gasteiger partial charge in [0.05, 0.1) is 11.5 Å². The van der Waals surface area contributed by atoms with E-state index in [1.807, 2.05) is 4.90 Å². The average Bonchev–Trinajstić information content (AvgIpc) is 2.18. The van der Waals surface area contributed by atoms with Crippen LogP contribution in [0.15, 0.2) is 0 Å². The fourth-order valence-electron chi connectivity index (χ4n) is 1.29. The van der Waals surface area contributed by atoms with Gasteiger partial charge in [0.25, 0.3) is 0 Å². The van der Waals surface area contributed by atoms with Crippen molar-refractivity contribution < 1.29 is 9.59 Å². The van der Waals surface area contributed by atoms with E-state index in [-0.39, 0.29) is 11.7 Å². The Balaban J connectivity index is 2.16. The van der Waals surface area contributed by atoms with Crippen LogP contribution in [0.2, 0.25) is 0 Å². The first kappa shape index (κ1) is 11.5. The molecule has 14 heavy (non-hydrogen) atoms. The maximum atomic E-state index is 11.5. The second kappa shape index (κ2) is 6.03. The van der Waals surface area contributed by atoms with Gasteiger partial charge < -0.3 is 10.2 Å². The zero-order chi connectivity index (χ0) is 10.4. The van der Waals surface area contributed by atoms with E-state index in [1.54, 1.807) is 6.92 Å². The van der Waals surface area contributed by atoms with Gasteiger partial charge in [-0.2, -0.15) is 0 Å². The molecule has 0 unspecified atom stereocenters. The first-order chi connectivity index (χ1) is 6.70. The quantitative estimate of drug-likeness (QED) is 0.703. The van der Waals surface area contributed by atoms with Crippen LogP contribution in [0.4, 0.5) is 0 Å². The van der Waals surface area contributed by atoms with E-state index in [4.69, 9.17) is 0 Å². The highest BCUT2D eigenvalue weighted by molar-refractivity contribution is 8.00. The molecule has 0 atom stereocenters. The maximum Gasteiger partial charge on any atom is 0.232 e. The Kier molecular flexibility index (Phi) is 4.97. The van der Waals surface area contributed by atoms with Crippen LogP contribution in [0.25, 0.3) is 0 Å². The molecule has 5 heteroatoms. The van der Waals surface area contributed by atoms with Gasteiger partial charge in [-0.05, 0) is 6.92 Å². The lowest BCUT2D eigenvalue weighted by atomic mass is 10.3. The van der Waals surface area contributed by atoms with Crippen LogP contribution in [-0.2, 0) is 9.59 Å². The molecule has 0 bridgehead atoms. The molecule has 1 N–H and O–H groups in total. The number of thioether (sulfide) groups is 1. The first-order valence-electron chi connectivity index (χ1n) is 4.76. The zero-order valence-corrected chi connectivity index (χ0v) is 9.23. The number of amides is 1. The third kappa shape index (κ3) is 4.11. The molecule has 1 heterocycles. The van der Waals surface area contributed by atoms with Gasteiger partial charge in [0, 0.05) is 26.2 Å². The standard InChI is InChI=1S/C9H16N2O2S/c1-8(12)6-14-7-9(13)11-4-2-10-3-5-11/h10H,2-7H2,1H3. The Morgan fingerprint density at radius 1 is 1.29 bits per heavy atom. The highest BCUT2D eigenvalue weighted by Gasteiger charge is 2.15. The number of ketones is 1. The lowest BCUT2D eigenvalue weighted by Gasteiger charge is -2.27. The number of nitrogens with one attached hydrogen (secondary N) is 1. The Morgan fingerprint density at radius 3 is 2.50 bits per heavy atom. The number of rotatable bonds is 4. The maximum absolute atomic E-state index is 11.5. The number of piperazine rings is 1. The molecule has 0 saturated carbocycles. The molecular weight excluding hydrogens is 200 g/mol. The molecule has 4 nitrogen and oxygen atoms in total. The van der Waals surface area contributed by atoms with Crippen molar-refractivity contribution in [1.29, 1.82) is 0 Å². The molecule has 0 aromatic carbocycles. The number of Topliss-reactive ketones (excluding diaryl/α,β-unsaturated/α-hetero) is 1. The second-order valence-electron chi connectivity index (χ2n) is 3.33. The van der Waals surface area contributed by atoms with Gasteiger partial charge in [-0.15, -0.1) is 11.8 Å². The summed E-state index contributed by atoms with van der Waals surface area (Å²) in [5.41, 5.74) is 0. The van der Waals surface area contributed by atoms with Crippen molar-refractivity contribution in [2.75, 3.05) is 37.7 Å². The highest BCUT2D eigenvalue weighted by Crippen LogP contribution is 2.03. The van der Waals surface area contributed by atoms with Crippen LogP contribution in [0.1, 0.15) is 6.92 Å². The van der Waals surface area contributed by atoms with Gasteiger partial charge in [0.2, 0.25) is 5.91 Å². The monoisotopic (exact) mass is 216 g/mol. The lowest BCUT2D eigenvalue weighted by molar-refractivity contribution is -0.128. The zero-order valence-electron chi connectivity index (χ0n) is 8.41. The van der Waals surface area contributed by atoms with E-state index in [0.29, 0.717) is 11.5 Å². The first-order valence-corrected chi connectivity index (χ1v) is 5.91. The third-order valence-electron chi connectivity index (χ3n) is 2.00. The Bertz CT molecular complexity index is 215. The molecule has 0 aromatic rings. The van der Waals surface area contributed by atoms with Crippen molar-refractivity contribution >= 4 is 23.5 Å². The second-order valence-corrected chi connectivity index (χ2v) is 4.31. The molecule has 1 aliphatic rings. The molecule has 0 aliphatic carbocycles. The van der Waals surface area contributed by atoms with Crippen molar-refractivity contribution in [3.8, 4) is 0 Å². The summed E-state index contributed by atoms with van der Waals surface area (Å²) in [6, 6.07) is 0. The molecule has 0 spiro atoms. The normalized spacial score (nSPS) is 16.8. The van der Waals surface area contributed by atoms with Crippen LogP contribution in [0.3, 0.4) is 0 Å². The highest BCUT2D eigenvalue weighted by atomic mass is 32.2. The topological polar surface area (TPSA) is 49.4 Å². The Hall–Kier alpha value is -0.550. The molecular formula is C9H16N2O2S. The van der Waals surface area contributed by atoms with E-state index in [9.17, 15) is 9.59 Å². The number of hydrogen-bond donors (Lipinski definition) is 1. The van der Waals surface area contributed by atoms with Crippen molar-refractivity contribution in [3.63, 3.8) is 0 Å². The van der Waals surface area contributed by atoms with Crippen LogP contribution >= 0.6 is 11.8 Å². The van der Waals surface area contributed by atoms with Gasteiger partial charge in [0.1, 0.15) is 5.78 Å². The average molecular weight is 216 g/mol. The summed E-state index contributed by atoms with van der Waals surface area (Å²) in [4.78, 5) is 24.0. The number of nitrogens with zero attached hydrogens (tertiary/aromatic N) is 1. The van der Waals surface area contributed by atoms with Gasteiger partial charge in [-0.1, -0.05) is 0 Å². The number of carbonyl (C=O) groups excluding carboxylic acids is 2. The van der Waals surface area contributed by atoms with Gasteiger partial charge in [-0.25, -0.2) is 0 Å². The molecule has 1 amide bonds. The Labute approximate surface area is 88.4 Å². The summed E-state index contributed by atoms with van der Waals surface area (Å²) in [7, 11) is 0. The van der Waals surface area contributed by atoms with Crippen molar-refractivity contribution in [2.24, 2.45) is 0 Å². The van der Waals surface area contributed by atoms with E-state index >= 15 is 0 Å². The summed E-state index contributed by atoms with van der Waals surface area (Å²) in [5, 5.41) is 3.19. The summed E-state index contributed by atoms with van der Waals surface area (Å²) in [5.74, 6) is 1.15. The van der Waals surface area contributed by atoms with Crippen LogP contribution in [0.5, 0.6) is 0 Å². The molecule has 0 aromatic heterocycles. The minimum atomic E-state index is 0.128.